The fraction of sp³-hybridized carbons (Fsp3) is 0. The standard InChI is InChI=1S/C7H4BrNO2/c8-6-4-1-2-11-5(4)3-9-7(6)10/h1-3H,(H,9,10). The topological polar surface area (TPSA) is 46.0 Å². The van der Waals surface area contributed by atoms with Crippen molar-refractivity contribution in [3.8, 4) is 0 Å². The smallest absolute Gasteiger partial charge is 0.263 e. The summed E-state index contributed by atoms with van der Waals surface area (Å²) < 4.78 is 5.57. The molecule has 0 aliphatic heterocycles. The summed E-state index contributed by atoms with van der Waals surface area (Å²) in [6.07, 6.45) is 3.09. The van der Waals surface area contributed by atoms with E-state index in [0.29, 0.717) is 10.1 Å². The van der Waals surface area contributed by atoms with Gasteiger partial charge in [0.1, 0.15) is 0 Å². The molecular weight excluding hydrogens is 210 g/mol. The molecule has 0 aromatic carbocycles. The van der Waals surface area contributed by atoms with E-state index in [4.69, 9.17) is 4.42 Å². The van der Waals surface area contributed by atoms with Crippen molar-refractivity contribution in [1.29, 1.82) is 0 Å². The van der Waals surface area contributed by atoms with E-state index in [9.17, 15) is 4.79 Å². The highest BCUT2D eigenvalue weighted by atomic mass is 79.9. The Morgan fingerprint density at radius 2 is 2.36 bits per heavy atom. The molecule has 2 heterocycles. The van der Waals surface area contributed by atoms with E-state index in [-0.39, 0.29) is 5.56 Å². The van der Waals surface area contributed by atoms with E-state index in [1.165, 1.54) is 0 Å². The molecule has 3 nitrogen and oxygen atoms in total. The van der Waals surface area contributed by atoms with Gasteiger partial charge in [-0.1, -0.05) is 0 Å². The number of pyridine rings is 1. The molecule has 0 aliphatic rings. The second-order valence-electron chi connectivity index (χ2n) is 2.13. The largest absolute Gasteiger partial charge is 0.463 e. The number of aromatic nitrogens is 1. The normalized spacial score (nSPS) is 10.6. The van der Waals surface area contributed by atoms with E-state index >= 15 is 0 Å². The number of rotatable bonds is 0. The molecule has 2 aromatic rings. The van der Waals surface area contributed by atoms with Crippen molar-refractivity contribution < 1.29 is 4.42 Å². The monoisotopic (exact) mass is 213 g/mol. The maximum atomic E-state index is 11.0. The van der Waals surface area contributed by atoms with Gasteiger partial charge in [-0.15, -0.1) is 0 Å². The Bertz CT molecular complexity index is 443. The summed E-state index contributed by atoms with van der Waals surface area (Å²) >= 11 is 3.16. The van der Waals surface area contributed by atoms with Gasteiger partial charge in [0.25, 0.3) is 5.56 Å². The predicted octanol–water partition coefficient (Wildman–Crippen LogP) is 1.88. The molecule has 1 N–H and O–H groups in total. The zero-order valence-corrected chi connectivity index (χ0v) is 7.01. The molecule has 0 amide bonds. The summed E-state index contributed by atoms with van der Waals surface area (Å²) in [6.45, 7) is 0. The SMILES string of the molecule is O=c1[nH]cc2occc2c1Br. The number of hydrogen-bond acceptors (Lipinski definition) is 2. The number of H-pyrrole nitrogens is 1. The number of furan rings is 1. The Hall–Kier alpha value is -1.03. The first-order chi connectivity index (χ1) is 5.29. The predicted molar refractivity (Wildman–Crippen MR) is 44.5 cm³/mol. The zero-order chi connectivity index (χ0) is 7.84. The third-order valence-electron chi connectivity index (χ3n) is 1.47. The second kappa shape index (κ2) is 2.23. The first-order valence-corrected chi connectivity index (χ1v) is 3.83. The summed E-state index contributed by atoms with van der Waals surface area (Å²) in [5, 5.41) is 0.800. The van der Waals surface area contributed by atoms with Gasteiger partial charge in [0.15, 0.2) is 5.58 Å². The van der Waals surface area contributed by atoms with E-state index in [1.807, 2.05) is 0 Å². The minimum atomic E-state index is -0.140. The van der Waals surface area contributed by atoms with Crippen LogP contribution in [-0.4, -0.2) is 4.98 Å². The molecule has 0 unspecified atom stereocenters. The Balaban J connectivity index is 3.04. The van der Waals surface area contributed by atoms with Gasteiger partial charge in [-0.05, 0) is 22.0 Å². The van der Waals surface area contributed by atoms with E-state index in [1.54, 1.807) is 18.5 Å². The van der Waals surface area contributed by atoms with Gasteiger partial charge < -0.3 is 9.40 Å². The van der Waals surface area contributed by atoms with Crippen molar-refractivity contribution in [2.24, 2.45) is 0 Å². The van der Waals surface area contributed by atoms with Crippen molar-refractivity contribution in [1.82, 2.24) is 4.98 Å². The van der Waals surface area contributed by atoms with E-state index < -0.39 is 0 Å². The summed E-state index contributed by atoms with van der Waals surface area (Å²) in [6, 6.07) is 1.74. The van der Waals surface area contributed by atoms with Crippen molar-refractivity contribution in [2.75, 3.05) is 0 Å². The first-order valence-electron chi connectivity index (χ1n) is 3.03. The fourth-order valence-corrected chi connectivity index (χ4v) is 1.37. The van der Waals surface area contributed by atoms with Gasteiger partial charge >= 0.3 is 0 Å². The lowest BCUT2D eigenvalue weighted by atomic mass is 10.3. The highest BCUT2D eigenvalue weighted by Crippen LogP contribution is 2.19. The van der Waals surface area contributed by atoms with Crippen LogP contribution in [0.25, 0.3) is 11.0 Å². The number of aromatic amines is 1. The van der Waals surface area contributed by atoms with Gasteiger partial charge in [0, 0.05) is 11.6 Å². The Morgan fingerprint density at radius 3 is 3.18 bits per heavy atom. The maximum absolute atomic E-state index is 11.0. The highest BCUT2D eigenvalue weighted by Gasteiger charge is 2.03. The molecule has 2 aromatic heterocycles. The molecule has 0 saturated carbocycles. The molecular formula is C7H4BrNO2. The summed E-state index contributed by atoms with van der Waals surface area (Å²) in [5.41, 5.74) is 0.537. The van der Waals surface area contributed by atoms with Crippen molar-refractivity contribution in [2.45, 2.75) is 0 Å². The molecule has 0 radical (unpaired) electrons. The van der Waals surface area contributed by atoms with Gasteiger partial charge in [0.05, 0.1) is 10.7 Å². The Morgan fingerprint density at radius 1 is 1.55 bits per heavy atom. The average Bonchev–Trinajstić information content (AvgIpc) is 2.45. The second-order valence-corrected chi connectivity index (χ2v) is 2.92. The number of nitrogens with one attached hydrogen (secondary N) is 1. The van der Waals surface area contributed by atoms with Gasteiger partial charge in [0.2, 0.25) is 0 Å². The quantitative estimate of drug-likeness (QED) is 0.727. The summed E-state index contributed by atoms with van der Waals surface area (Å²) in [5.74, 6) is 0. The lowest BCUT2D eigenvalue weighted by Gasteiger charge is -1.88. The van der Waals surface area contributed by atoms with Crippen LogP contribution in [0.4, 0.5) is 0 Å². The Labute approximate surface area is 70.2 Å². The van der Waals surface area contributed by atoms with Gasteiger partial charge in [-0.3, -0.25) is 4.79 Å². The summed E-state index contributed by atoms with van der Waals surface area (Å²) in [7, 11) is 0. The lowest BCUT2D eigenvalue weighted by Crippen LogP contribution is -2.04. The van der Waals surface area contributed by atoms with Gasteiger partial charge in [-0.2, -0.15) is 0 Å². The van der Waals surface area contributed by atoms with E-state index in [0.717, 1.165) is 5.39 Å². The minimum absolute atomic E-state index is 0.140. The van der Waals surface area contributed by atoms with Crippen LogP contribution in [0, 0.1) is 0 Å². The number of halogens is 1. The van der Waals surface area contributed by atoms with Crippen LogP contribution >= 0.6 is 15.9 Å². The van der Waals surface area contributed by atoms with Gasteiger partial charge in [-0.25, -0.2) is 0 Å². The maximum Gasteiger partial charge on any atom is 0.263 e. The number of hydrogen-bond donors (Lipinski definition) is 1. The first kappa shape index (κ1) is 6.67. The Kier molecular flexibility index (Phi) is 1.35. The van der Waals surface area contributed by atoms with Crippen LogP contribution in [0.2, 0.25) is 0 Å². The third kappa shape index (κ3) is 0.903. The van der Waals surface area contributed by atoms with Crippen molar-refractivity contribution in [3.05, 3.63) is 33.4 Å². The van der Waals surface area contributed by atoms with Crippen molar-refractivity contribution >= 4 is 26.9 Å². The molecule has 56 valence electrons. The van der Waals surface area contributed by atoms with Crippen LogP contribution in [0.1, 0.15) is 0 Å². The van der Waals surface area contributed by atoms with E-state index in [2.05, 4.69) is 20.9 Å². The molecule has 0 aliphatic carbocycles. The van der Waals surface area contributed by atoms with Crippen molar-refractivity contribution in [3.63, 3.8) is 0 Å². The molecule has 2 rings (SSSR count). The molecule has 0 bridgehead atoms. The van der Waals surface area contributed by atoms with Crippen LogP contribution in [0.5, 0.6) is 0 Å². The highest BCUT2D eigenvalue weighted by molar-refractivity contribution is 9.10. The molecule has 4 heteroatoms. The summed E-state index contributed by atoms with van der Waals surface area (Å²) in [4.78, 5) is 13.5. The fourth-order valence-electron chi connectivity index (χ4n) is 0.931. The van der Waals surface area contributed by atoms with Crippen LogP contribution < -0.4 is 5.56 Å². The average molecular weight is 214 g/mol. The lowest BCUT2D eigenvalue weighted by molar-refractivity contribution is 0.614. The molecule has 11 heavy (non-hydrogen) atoms. The molecule has 0 fully saturated rings. The minimum Gasteiger partial charge on any atom is -0.463 e. The molecule has 0 atom stereocenters. The van der Waals surface area contributed by atoms with Crippen LogP contribution in [0.3, 0.4) is 0 Å². The number of fused-ring (bicyclic) bond motifs is 1. The zero-order valence-electron chi connectivity index (χ0n) is 5.43. The molecule has 0 saturated heterocycles. The molecule has 0 spiro atoms. The third-order valence-corrected chi connectivity index (χ3v) is 2.25. The van der Waals surface area contributed by atoms with Crippen LogP contribution in [0.15, 0.2) is 32.2 Å². The van der Waals surface area contributed by atoms with Crippen LogP contribution in [-0.2, 0) is 0 Å².